The minimum atomic E-state index is -4.14. The lowest BCUT2D eigenvalue weighted by Crippen LogP contribution is -2.54. The number of rotatable bonds is 12. The third kappa shape index (κ3) is 8.36. The van der Waals surface area contributed by atoms with Crippen LogP contribution in [0.4, 0.5) is 5.69 Å². The largest absolute Gasteiger partial charge is 0.352 e. The van der Waals surface area contributed by atoms with E-state index in [1.165, 1.54) is 17.0 Å². The second-order valence-corrected chi connectivity index (χ2v) is 13.9. The molecule has 4 rings (SSSR count). The fourth-order valence-electron chi connectivity index (χ4n) is 4.85. The zero-order valence-corrected chi connectivity index (χ0v) is 27.8. The normalized spacial score (nSPS) is 12.0. The van der Waals surface area contributed by atoms with Crippen molar-refractivity contribution in [3.05, 3.63) is 130 Å². The van der Waals surface area contributed by atoms with Gasteiger partial charge in [-0.2, -0.15) is 0 Å². The molecule has 0 saturated carbocycles. The van der Waals surface area contributed by atoms with Crippen molar-refractivity contribution in [3.63, 3.8) is 0 Å². The number of aryl methyl sites for hydroxylation is 2. The highest BCUT2D eigenvalue weighted by atomic mass is 79.9. The van der Waals surface area contributed by atoms with Crippen LogP contribution >= 0.6 is 15.9 Å². The first kappa shape index (κ1) is 33.0. The van der Waals surface area contributed by atoms with Crippen molar-refractivity contribution in [2.75, 3.05) is 10.8 Å². The van der Waals surface area contributed by atoms with Crippen LogP contribution in [0, 0.1) is 13.8 Å². The zero-order valence-electron chi connectivity index (χ0n) is 25.4. The van der Waals surface area contributed by atoms with Crippen molar-refractivity contribution < 1.29 is 18.0 Å². The van der Waals surface area contributed by atoms with Gasteiger partial charge in [-0.3, -0.25) is 13.9 Å². The highest BCUT2D eigenvalue weighted by Gasteiger charge is 2.34. The smallest absolute Gasteiger partial charge is 0.264 e. The molecule has 0 unspecified atom stereocenters. The Morgan fingerprint density at radius 1 is 0.795 bits per heavy atom. The number of nitrogens with zero attached hydrogens (tertiary/aromatic N) is 2. The van der Waals surface area contributed by atoms with E-state index >= 15 is 0 Å². The Morgan fingerprint density at radius 3 is 2.00 bits per heavy atom. The van der Waals surface area contributed by atoms with Crippen molar-refractivity contribution in [2.45, 2.75) is 57.6 Å². The number of nitrogens with one attached hydrogen (secondary N) is 1. The Morgan fingerprint density at radius 2 is 1.41 bits per heavy atom. The van der Waals surface area contributed by atoms with E-state index in [2.05, 4.69) is 21.2 Å². The van der Waals surface area contributed by atoms with Gasteiger partial charge < -0.3 is 10.2 Å². The summed E-state index contributed by atoms with van der Waals surface area (Å²) in [6.07, 6.45) is 0.261. The molecule has 9 heteroatoms. The van der Waals surface area contributed by atoms with Crippen molar-refractivity contribution >= 4 is 43.5 Å². The van der Waals surface area contributed by atoms with E-state index in [1.807, 2.05) is 88.4 Å². The minimum absolute atomic E-state index is 0.0730. The molecular formula is C35H38BrN3O4S. The molecule has 4 aromatic rings. The number of amides is 2. The summed E-state index contributed by atoms with van der Waals surface area (Å²) < 4.78 is 30.2. The third-order valence-electron chi connectivity index (χ3n) is 7.36. The number of halogens is 1. The van der Waals surface area contributed by atoms with Crippen LogP contribution < -0.4 is 9.62 Å². The fraction of sp³-hybridized carbons (Fsp3) is 0.257. The lowest BCUT2D eigenvalue weighted by Gasteiger charge is -2.34. The maximum absolute atomic E-state index is 14.5. The lowest BCUT2D eigenvalue weighted by atomic mass is 10.0. The number of anilines is 1. The van der Waals surface area contributed by atoms with Crippen molar-refractivity contribution in [1.82, 2.24) is 10.2 Å². The quantitative estimate of drug-likeness (QED) is 0.188. The van der Waals surface area contributed by atoms with Gasteiger partial charge in [0.05, 0.1) is 10.6 Å². The molecule has 0 aliphatic heterocycles. The van der Waals surface area contributed by atoms with E-state index in [1.54, 1.807) is 30.3 Å². The molecule has 0 spiro atoms. The Hall–Kier alpha value is -3.95. The summed E-state index contributed by atoms with van der Waals surface area (Å²) >= 11 is 3.46. The molecule has 0 aromatic heterocycles. The monoisotopic (exact) mass is 675 g/mol. The number of sulfonamides is 1. The third-order valence-corrected chi connectivity index (χ3v) is 9.67. The van der Waals surface area contributed by atoms with Gasteiger partial charge in [-0.1, -0.05) is 82.7 Å². The van der Waals surface area contributed by atoms with Gasteiger partial charge >= 0.3 is 0 Å². The van der Waals surface area contributed by atoms with Crippen LogP contribution in [-0.2, 0) is 32.6 Å². The molecule has 2 amide bonds. The molecule has 0 bridgehead atoms. The van der Waals surface area contributed by atoms with E-state index in [0.717, 1.165) is 31.0 Å². The van der Waals surface area contributed by atoms with Crippen LogP contribution in [0.5, 0.6) is 0 Å². The van der Waals surface area contributed by atoms with Crippen LogP contribution in [-0.4, -0.2) is 43.8 Å². The summed E-state index contributed by atoms with van der Waals surface area (Å²) in [5.74, 6) is -0.802. The van der Waals surface area contributed by atoms with Gasteiger partial charge in [-0.05, 0) is 86.3 Å². The number of carbonyl (C=O) groups excluding carboxylic acids is 2. The van der Waals surface area contributed by atoms with Gasteiger partial charge in [-0.25, -0.2) is 8.42 Å². The van der Waals surface area contributed by atoms with E-state index in [-0.39, 0.29) is 29.8 Å². The number of hydrogen-bond donors (Lipinski definition) is 1. The molecule has 1 N–H and O–H groups in total. The van der Waals surface area contributed by atoms with Crippen LogP contribution in [0.1, 0.15) is 36.1 Å². The van der Waals surface area contributed by atoms with Crippen LogP contribution in [0.25, 0.3) is 0 Å². The molecule has 7 nitrogen and oxygen atoms in total. The first-order valence-electron chi connectivity index (χ1n) is 14.5. The molecule has 230 valence electrons. The second-order valence-electron chi connectivity index (χ2n) is 11.1. The van der Waals surface area contributed by atoms with E-state index in [4.69, 9.17) is 0 Å². The van der Waals surface area contributed by atoms with Gasteiger partial charge in [0.15, 0.2) is 0 Å². The lowest BCUT2D eigenvalue weighted by molar-refractivity contribution is -0.140. The highest BCUT2D eigenvalue weighted by Crippen LogP contribution is 2.27. The average molecular weight is 677 g/mol. The SMILES string of the molecule is Cc1ccc(N(CC(=O)N(Cc2ccc(Br)cc2)[C@@H](Cc2ccccc2)C(=O)NC(C)C)S(=O)(=O)c2ccccc2)cc1C. The number of carbonyl (C=O) groups is 2. The molecule has 0 aliphatic rings. The molecule has 0 aliphatic carbocycles. The second kappa shape index (κ2) is 14.7. The van der Waals surface area contributed by atoms with Gasteiger partial charge in [0.2, 0.25) is 11.8 Å². The predicted octanol–water partition coefficient (Wildman–Crippen LogP) is 6.43. The predicted molar refractivity (Wildman–Crippen MR) is 179 cm³/mol. The standard InChI is InChI=1S/C35H38BrN3O4S/c1-25(2)37-35(41)33(22-28-11-7-5-8-12-28)38(23-29-16-18-30(36)19-17-29)34(40)24-39(31-20-15-26(3)27(4)21-31)44(42,43)32-13-9-6-10-14-32/h5-21,25,33H,22-24H2,1-4H3,(H,37,41)/t33-/m0/s1. The van der Waals surface area contributed by atoms with E-state index in [9.17, 15) is 18.0 Å². The van der Waals surface area contributed by atoms with Crippen LogP contribution in [0.2, 0.25) is 0 Å². The summed E-state index contributed by atoms with van der Waals surface area (Å²) in [6, 6.07) is 29.4. The molecule has 1 atom stereocenters. The Bertz CT molecular complexity index is 1680. The van der Waals surface area contributed by atoms with Gasteiger partial charge in [0, 0.05) is 23.5 Å². The Kier molecular flexibility index (Phi) is 11.0. The summed E-state index contributed by atoms with van der Waals surface area (Å²) in [4.78, 5) is 29.8. The molecule has 0 heterocycles. The maximum atomic E-state index is 14.5. The Balaban J connectivity index is 1.81. The number of benzene rings is 4. The number of hydrogen-bond acceptors (Lipinski definition) is 4. The van der Waals surface area contributed by atoms with Gasteiger partial charge in [0.25, 0.3) is 10.0 Å². The molecule has 0 saturated heterocycles. The summed E-state index contributed by atoms with van der Waals surface area (Å²) in [5, 5.41) is 2.98. The average Bonchev–Trinajstić information content (AvgIpc) is 3.00. The molecule has 0 fully saturated rings. The van der Waals surface area contributed by atoms with Crippen molar-refractivity contribution in [2.24, 2.45) is 0 Å². The van der Waals surface area contributed by atoms with Crippen molar-refractivity contribution in [1.29, 1.82) is 0 Å². The maximum Gasteiger partial charge on any atom is 0.264 e. The van der Waals surface area contributed by atoms with E-state index < -0.39 is 28.5 Å². The van der Waals surface area contributed by atoms with Crippen LogP contribution in [0.15, 0.2) is 112 Å². The first-order valence-corrected chi connectivity index (χ1v) is 16.7. The van der Waals surface area contributed by atoms with Crippen molar-refractivity contribution in [3.8, 4) is 0 Å². The highest BCUT2D eigenvalue weighted by molar-refractivity contribution is 9.10. The summed E-state index contributed by atoms with van der Waals surface area (Å²) in [6.45, 7) is 7.21. The summed E-state index contributed by atoms with van der Waals surface area (Å²) in [7, 11) is -4.14. The fourth-order valence-corrected chi connectivity index (χ4v) is 6.54. The molecular weight excluding hydrogens is 638 g/mol. The summed E-state index contributed by atoms with van der Waals surface area (Å²) in [5.41, 5.74) is 3.96. The zero-order chi connectivity index (χ0) is 31.9. The topological polar surface area (TPSA) is 86.8 Å². The van der Waals surface area contributed by atoms with Crippen LogP contribution in [0.3, 0.4) is 0 Å². The minimum Gasteiger partial charge on any atom is -0.352 e. The Labute approximate surface area is 269 Å². The van der Waals surface area contributed by atoms with E-state index in [0.29, 0.717) is 5.69 Å². The molecule has 0 radical (unpaired) electrons. The molecule has 4 aromatic carbocycles. The van der Waals surface area contributed by atoms with Gasteiger partial charge in [0.1, 0.15) is 12.6 Å². The first-order chi connectivity index (χ1) is 21.0. The molecule has 44 heavy (non-hydrogen) atoms. The van der Waals surface area contributed by atoms with Gasteiger partial charge in [-0.15, -0.1) is 0 Å².